The number of benzene rings is 2. The van der Waals surface area contributed by atoms with E-state index in [-0.39, 0.29) is 6.10 Å². The standard InChI is InChI=1S/C20H21ClN2O2/c1-24-18-4-2-3-5-19(18)25-17(14-20-22-12-13-23-20)11-8-15-6-9-16(21)10-7-15/h2-7,9-10,12-13,17H,8,11,14H2,1H3,(H,22,23). The molecule has 0 aliphatic carbocycles. The summed E-state index contributed by atoms with van der Waals surface area (Å²) in [5.74, 6) is 2.40. The number of hydrogen-bond acceptors (Lipinski definition) is 3. The number of aromatic amines is 1. The van der Waals surface area contributed by atoms with Gasteiger partial charge in [0.1, 0.15) is 11.9 Å². The first-order chi connectivity index (χ1) is 12.2. The van der Waals surface area contributed by atoms with Crippen LogP contribution < -0.4 is 9.47 Å². The summed E-state index contributed by atoms with van der Waals surface area (Å²) in [6, 6.07) is 15.6. The van der Waals surface area contributed by atoms with Crippen LogP contribution in [0.1, 0.15) is 17.8 Å². The fourth-order valence-electron chi connectivity index (χ4n) is 2.70. The van der Waals surface area contributed by atoms with Crippen molar-refractivity contribution in [1.29, 1.82) is 0 Å². The largest absolute Gasteiger partial charge is 0.493 e. The molecule has 25 heavy (non-hydrogen) atoms. The molecule has 2 aromatic carbocycles. The minimum Gasteiger partial charge on any atom is -0.493 e. The van der Waals surface area contributed by atoms with Crippen molar-refractivity contribution in [2.75, 3.05) is 7.11 Å². The van der Waals surface area contributed by atoms with Gasteiger partial charge >= 0.3 is 0 Å². The molecule has 0 amide bonds. The number of ether oxygens (including phenoxy) is 2. The average Bonchev–Trinajstić information content (AvgIpc) is 3.14. The predicted octanol–water partition coefficient (Wildman–Crippen LogP) is 4.69. The van der Waals surface area contributed by atoms with E-state index in [0.29, 0.717) is 6.42 Å². The first kappa shape index (κ1) is 17.4. The second kappa shape index (κ2) is 8.58. The highest BCUT2D eigenvalue weighted by Crippen LogP contribution is 2.28. The molecule has 4 nitrogen and oxygen atoms in total. The fraction of sp³-hybridized carbons (Fsp3) is 0.250. The van der Waals surface area contributed by atoms with E-state index in [0.717, 1.165) is 35.2 Å². The quantitative estimate of drug-likeness (QED) is 0.636. The van der Waals surface area contributed by atoms with Crippen LogP contribution in [0.5, 0.6) is 11.5 Å². The van der Waals surface area contributed by atoms with Gasteiger partial charge < -0.3 is 14.5 Å². The Morgan fingerprint density at radius 2 is 1.84 bits per heavy atom. The molecule has 1 unspecified atom stereocenters. The average molecular weight is 357 g/mol. The molecular weight excluding hydrogens is 336 g/mol. The van der Waals surface area contributed by atoms with E-state index in [9.17, 15) is 0 Å². The van der Waals surface area contributed by atoms with Crippen LogP contribution in [0.15, 0.2) is 60.9 Å². The van der Waals surface area contributed by atoms with E-state index in [1.165, 1.54) is 5.56 Å². The normalized spacial score (nSPS) is 11.9. The Kier molecular flexibility index (Phi) is 5.96. The van der Waals surface area contributed by atoms with Gasteiger partial charge in [-0.05, 0) is 42.7 Å². The number of nitrogens with zero attached hydrogens (tertiary/aromatic N) is 1. The molecule has 1 atom stereocenters. The summed E-state index contributed by atoms with van der Waals surface area (Å²) in [6.45, 7) is 0. The minimum absolute atomic E-state index is 0.0156. The van der Waals surface area contributed by atoms with Gasteiger partial charge in [-0.25, -0.2) is 4.98 Å². The third-order valence-corrected chi connectivity index (χ3v) is 4.26. The van der Waals surface area contributed by atoms with Crippen molar-refractivity contribution in [2.45, 2.75) is 25.4 Å². The number of nitrogens with one attached hydrogen (secondary N) is 1. The molecule has 0 saturated carbocycles. The molecule has 0 saturated heterocycles. The lowest BCUT2D eigenvalue weighted by Crippen LogP contribution is -2.21. The minimum atomic E-state index is -0.0156. The zero-order valence-electron chi connectivity index (χ0n) is 14.1. The molecule has 1 heterocycles. The highest BCUT2D eigenvalue weighted by molar-refractivity contribution is 6.30. The summed E-state index contributed by atoms with van der Waals surface area (Å²) in [4.78, 5) is 7.47. The van der Waals surface area contributed by atoms with Gasteiger partial charge in [0.2, 0.25) is 0 Å². The number of hydrogen-bond donors (Lipinski definition) is 1. The van der Waals surface area contributed by atoms with Crippen LogP contribution in [0.3, 0.4) is 0 Å². The molecule has 0 spiro atoms. The summed E-state index contributed by atoms with van der Waals surface area (Å²) in [6.07, 6.45) is 6.04. The van der Waals surface area contributed by atoms with Crippen molar-refractivity contribution in [3.05, 3.63) is 77.3 Å². The second-order valence-corrected chi connectivity index (χ2v) is 6.23. The van der Waals surface area contributed by atoms with Crippen molar-refractivity contribution in [3.63, 3.8) is 0 Å². The van der Waals surface area contributed by atoms with E-state index in [2.05, 4.69) is 22.1 Å². The summed E-state index contributed by atoms with van der Waals surface area (Å²) in [5.41, 5.74) is 1.23. The van der Waals surface area contributed by atoms with Crippen molar-refractivity contribution in [1.82, 2.24) is 9.97 Å². The van der Waals surface area contributed by atoms with Gasteiger partial charge in [0.15, 0.2) is 11.5 Å². The Morgan fingerprint density at radius 3 is 2.52 bits per heavy atom. The van der Waals surface area contributed by atoms with Crippen LogP contribution in [-0.2, 0) is 12.8 Å². The van der Waals surface area contributed by atoms with E-state index < -0.39 is 0 Å². The highest BCUT2D eigenvalue weighted by atomic mass is 35.5. The maximum atomic E-state index is 6.24. The molecule has 0 aliphatic rings. The zero-order chi connectivity index (χ0) is 17.5. The van der Waals surface area contributed by atoms with E-state index in [1.54, 1.807) is 13.3 Å². The number of halogens is 1. The van der Waals surface area contributed by atoms with Gasteiger partial charge in [-0.15, -0.1) is 0 Å². The predicted molar refractivity (Wildman–Crippen MR) is 99.5 cm³/mol. The number of rotatable bonds is 8. The maximum Gasteiger partial charge on any atom is 0.161 e. The van der Waals surface area contributed by atoms with Crippen LogP contribution in [0.25, 0.3) is 0 Å². The van der Waals surface area contributed by atoms with Gasteiger partial charge in [-0.3, -0.25) is 0 Å². The van der Waals surface area contributed by atoms with Gasteiger partial charge in [0, 0.05) is 23.8 Å². The van der Waals surface area contributed by atoms with Gasteiger partial charge in [0.25, 0.3) is 0 Å². The zero-order valence-corrected chi connectivity index (χ0v) is 14.9. The maximum absolute atomic E-state index is 6.24. The summed E-state index contributed by atoms with van der Waals surface area (Å²) < 4.78 is 11.6. The van der Waals surface area contributed by atoms with Crippen molar-refractivity contribution in [2.24, 2.45) is 0 Å². The lowest BCUT2D eigenvalue weighted by Gasteiger charge is -2.20. The molecule has 5 heteroatoms. The van der Waals surface area contributed by atoms with E-state index >= 15 is 0 Å². The Bertz CT molecular complexity index is 773. The van der Waals surface area contributed by atoms with Crippen molar-refractivity contribution in [3.8, 4) is 11.5 Å². The number of para-hydroxylation sites is 2. The number of aromatic nitrogens is 2. The van der Waals surface area contributed by atoms with Gasteiger partial charge in [-0.2, -0.15) is 0 Å². The molecule has 0 radical (unpaired) electrons. The molecule has 0 aliphatic heterocycles. The Labute approximate surface area is 152 Å². The fourth-order valence-corrected chi connectivity index (χ4v) is 2.83. The number of methoxy groups -OCH3 is 1. The topological polar surface area (TPSA) is 47.1 Å². The van der Waals surface area contributed by atoms with Crippen LogP contribution in [-0.4, -0.2) is 23.2 Å². The lowest BCUT2D eigenvalue weighted by molar-refractivity contribution is 0.182. The summed E-state index contributed by atoms with van der Waals surface area (Å²) >= 11 is 5.96. The molecule has 1 N–H and O–H groups in total. The summed E-state index contributed by atoms with van der Waals surface area (Å²) in [5, 5.41) is 0.751. The first-order valence-electron chi connectivity index (χ1n) is 8.27. The van der Waals surface area contributed by atoms with E-state index in [4.69, 9.17) is 21.1 Å². The molecular formula is C20H21ClN2O2. The number of imidazole rings is 1. The molecule has 1 aromatic heterocycles. The molecule has 0 bridgehead atoms. The van der Waals surface area contributed by atoms with Gasteiger partial charge in [0.05, 0.1) is 7.11 Å². The number of aryl methyl sites for hydroxylation is 1. The molecule has 130 valence electrons. The third kappa shape index (κ3) is 5.00. The molecule has 3 rings (SSSR count). The van der Waals surface area contributed by atoms with Crippen LogP contribution in [0.2, 0.25) is 5.02 Å². The Balaban J connectivity index is 1.71. The highest BCUT2D eigenvalue weighted by Gasteiger charge is 2.16. The second-order valence-electron chi connectivity index (χ2n) is 5.80. The van der Waals surface area contributed by atoms with Crippen molar-refractivity contribution >= 4 is 11.6 Å². The first-order valence-corrected chi connectivity index (χ1v) is 8.65. The molecule has 0 fully saturated rings. The van der Waals surface area contributed by atoms with Crippen LogP contribution in [0, 0.1) is 0 Å². The van der Waals surface area contributed by atoms with Crippen molar-refractivity contribution < 1.29 is 9.47 Å². The summed E-state index contributed by atoms with van der Waals surface area (Å²) in [7, 11) is 1.65. The Morgan fingerprint density at radius 1 is 1.08 bits per heavy atom. The third-order valence-electron chi connectivity index (χ3n) is 4.01. The van der Waals surface area contributed by atoms with Crippen LogP contribution >= 0.6 is 11.6 Å². The van der Waals surface area contributed by atoms with Gasteiger partial charge in [-0.1, -0.05) is 35.9 Å². The lowest BCUT2D eigenvalue weighted by atomic mass is 10.0. The monoisotopic (exact) mass is 356 g/mol. The van der Waals surface area contributed by atoms with Crippen LogP contribution in [0.4, 0.5) is 0 Å². The SMILES string of the molecule is COc1ccccc1OC(CCc1ccc(Cl)cc1)Cc1ncc[nH]1. The Hall–Kier alpha value is -2.46. The van der Waals surface area contributed by atoms with E-state index in [1.807, 2.05) is 42.6 Å². The molecule has 3 aromatic rings. The smallest absolute Gasteiger partial charge is 0.161 e. The number of H-pyrrole nitrogens is 1.